The number of likely N-dealkylation sites (N-methyl/N-ethyl adjacent to an activating group) is 1. The number of hydrogen-bond donors (Lipinski definition) is 1. The third-order valence-corrected chi connectivity index (χ3v) is 6.02. The molecule has 10 heteroatoms. The van der Waals surface area contributed by atoms with E-state index in [1.165, 1.54) is 11.8 Å². The van der Waals surface area contributed by atoms with E-state index in [2.05, 4.69) is 10.2 Å². The molecule has 160 valence electrons. The second kappa shape index (κ2) is 8.95. The van der Waals surface area contributed by atoms with Gasteiger partial charge in [0.25, 0.3) is 0 Å². The highest BCUT2D eigenvalue weighted by Crippen LogP contribution is 2.40. The predicted octanol–water partition coefficient (Wildman–Crippen LogP) is 1.42. The average molecular weight is 432 g/mol. The Hall–Kier alpha value is -2.75. The maximum absolute atomic E-state index is 12.6. The Morgan fingerprint density at radius 3 is 2.77 bits per heavy atom. The molecule has 2 heterocycles. The molecule has 1 aromatic heterocycles. The highest BCUT2D eigenvalue weighted by molar-refractivity contribution is 7.99. The summed E-state index contributed by atoms with van der Waals surface area (Å²) in [6.45, 7) is 1.26. The predicted molar refractivity (Wildman–Crippen MR) is 111 cm³/mol. The van der Waals surface area contributed by atoms with E-state index in [1.807, 2.05) is 28.8 Å². The summed E-state index contributed by atoms with van der Waals surface area (Å²) in [6.07, 6.45) is 2.15. The minimum absolute atomic E-state index is 0.0418. The van der Waals surface area contributed by atoms with Crippen molar-refractivity contribution in [1.29, 1.82) is 0 Å². The monoisotopic (exact) mass is 431 g/mol. The zero-order valence-corrected chi connectivity index (χ0v) is 17.6. The molecule has 30 heavy (non-hydrogen) atoms. The number of amides is 2. The molecule has 9 nitrogen and oxygen atoms in total. The van der Waals surface area contributed by atoms with Crippen LogP contribution in [0.15, 0.2) is 29.4 Å². The molecule has 4 rings (SSSR count). The van der Waals surface area contributed by atoms with Gasteiger partial charge in [-0.05, 0) is 25.0 Å². The van der Waals surface area contributed by atoms with Gasteiger partial charge in [-0.2, -0.15) is 0 Å². The number of nitrogens with zero attached hydrogens (tertiary/aromatic N) is 4. The van der Waals surface area contributed by atoms with Crippen molar-refractivity contribution >= 4 is 23.6 Å². The molecule has 1 aliphatic carbocycles. The van der Waals surface area contributed by atoms with Crippen molar-refractivity contribution in [1.82, 2.24) is 19.7 Å². The molecule has 2 aliphatic rings. The zero-order valence-electron chi connectivity index (χ0n) is 16.8. The number of hydrogen-bond acceptors (Lipinski definition) is 7. The van der Waals surface area contributed by atoms with Crippen LogP contribution in [-0.4, -0.2) is 63.5 Å². The van der Waals surface area contributed by atoms with Gasteiger partial charge in [0.2, 0.25) is 11.8 Å². The number of ether oxygens (including phenoxy) is 2. The molecule has 1 fully saturated rings. The van der Waals surface area contributed by atoms with Crippen molar-refractivity contribution < 1.29 is 19.1 Å². The Kier molecular flexibility index (Phi) is 6.12. The summed E-state index contributed by atoms with van der Waals surface area (Å²) in [5.74, 6) is 2.50. The molecule has 2 aromatic rings. The van der Waals surface area contributed by atoms with Gasteiger partial charge < -0.3 is 24.7 Å². The minimum Gasteiger partial charge on any atom is -0.486 e. The Balaban J connectivity index is 1.31. The van der Waals surface area contributed by atoms with Crippen LogP contribution in [0.3, 0.4) is 0 Å². The highest BCUT2D eigenvalue weighted by atomic mass is 32.2. The van der Waals surface area contributed by atoms with Crippen LogP contribution in [0.5, 0.6) is 11.5 Å². The van der Waals surface area contributed by atoms with E-state index in [0.717, 1.165) is 24.4 Å². The van der Waals surface area contributed by atoms with Gasteiger partial charge in [-0.15, -0.1) is 10.2 Å². The van der Waals surface area contributed by atoms with Crippen molar-refractivity contribution in [3.05, 3.63) is 30.1 Å². The second-order valence-electron chi connectivity index (χ2n) is 7.54. The fourth-order valence-corrected chi connectivity index (χ4v) is 4.19. The third kappa shape index (κ3) is 4.86. The van der Waals surface area contributed by atoms with E-state index in [-0.39, 0.29) is 30.1 Å². The number of benzene rings is 1. The lowest BCUT2D eigenvalue weighted by atomic mass is 10.2. The SMILES string of the molecule is CN(CC1COc2ccccc2O1)C(=O)CSc1nnc(C2CC2)n1CCC(N)=O. The Bertz CT molecular complexity index is 930. The van der Waals surface area contributed by atoms with Gasteiger partial charge in [0.15, 0.2) is 22.8 Å². The van der Waals surface area contributed by atoms with E-state index >= 15 is 0 Å². The van der Waals surface area contributed by atoms with Crippen molar-refractivity contribution in [2.45, 2.75) is 43.0 Å². The van der Waals surface area contributed by atoms with Crippen LogP contribution >= 0.6 is 11.8 Å². The molecule has 0 saturated heterocycles. The van der Waals surface area contributed by atoms with Crippen molar-refractivity contribution in [3.63, 3.8) is 0 Å². The Labute approximate surface area is 178 Å². The van der Waals surface area contributed by atoms with Gasteiger partial charge in [0.05, 0.1) is 12.3 Å². The maximum Gasteiger partial charge on any atom is 0.232 e. The molecule has 1 aliphatic heterocycles. The van der Waals surface area contributed by atoms with Crippen LogP contribution in [0.1, 0.15) is 31.0 Å². The first-order valence-corrected chi connectivity index (χ1v) is 11.0. The third-order valence-electron chi connectivity index (χ3n) is 5.07. The van der Waals surface area contributed by atoms with Crippen LogP contribution in [-0.2, 0) is 16.1 Å². The average Bonchev–Trinajstić information content (AvgIpc) is 3.50. The molecule has 0 spiro atoms. The minimum atomic E-state index is -0.367. The molecule has 0 radical (unpaired) electrons. The molecule has 1 aromatic carbocycles. The molecule has 1 saturated carbocycles. The number of aromatic nitrogens is 3. The Morgan fingerprint density at radius 1 is 1.27 bits per heavy atom. The number of primary amides is 1. The van der Waals surface area contributed by atoms with Crippen molar-refractivity contribution in [3.8, 4) is 11.5 Å². The number of carbonyl (C=O) groups is 2. The summed E-state index contributed by atoms with van der Waals surface area (Å²) in [6, 6.07) is 7.50. The van der Waals surface area contributed by atoms with Crippen LogP contribution < -0.4 is 15.2 Å². The van der Waals surface area contributed by atoms with E-state index in [4.69, 9.17) is 15.2 Å². The largest absolute Gasteiger partial charge is 0.486 e. The van der Waals surface area contributed by atoms with E-state index in [0.29, 0.717) is 36.5 Å². The van der Waals surface area contributed by atoms with Gasteiger partial charge in [-0.3, -0.25) is 9.59 Å². The lowest BCUT2D eigenvalue weighted by Gasteiger charge is -2.29. The molecular weight excluding hydrogens is 406 g/mol. The lowest BCUT2D eigenvalue weighted by Crippen LogP contribution is -2.42. The van der Waals surface area contributed by atoms with Gasteiger partial charge in [-0.1, -0.05) is 23.9 Å². The molecule has 1 atom stereocenters. The van der Waals surface area contributed by atoms with Crippen molar-refractivity contribution in [2.24, 2.45) is 5.73 Å². The smallest absolute Gasteiger partial charge is 0.232 e. The molecule has 2 amide bonds. The summed E-state index contributed by atoms with van der Waals surface area (Å²) in [5, 5.41) is 9.15. The van der Waals surface area contributed by atoms with Crippen LogP contribution in [0.4, 0.5) is 0 Å². The lowest BCUT2D eigenvalue weighted by molar-refractivity contribution is -0.128. The molecular formula is C20H25N5O4S. The van der Waals surface area contributed by atoms with Gasteiger partial charge in [-0.25, -0.2) is 0 Å². The number of nitrogens with two attached hydrogens (primary N) is 1. The van der Waals surface area contributed by atoms with Gasteiger partial charge in [0, 0.05) is 25.9 Å². The first-order valence-electron chi connectivity index (χ1n) is 9.98. The Morgan fingerprint density at radius 2 is 2.03 bits per heavy atom. The summed E-state index contributed by atoms with van der Waals surface area (Å²) in [7, 11) is 1.75. The normalized spacial score (nSPS) is 17.6. The van der Waals surface area contributed by atoms with E-state index in [1.54, 1.807) is 11.9 Å². The summed E-state index contributed by atoms with van der Waals surface area (Å²) < 4.78 is 13.6. The number of carbonyl (C=O) groups excluding carboxylic acids is 2. The summed E-state index contributed by atoms with van der Waals surface area (Å²) in [5.41, 5.74) is 5.30. The fourth-order valence-electron chi connectivity index (χ4n) is 3.28. The quantitative estimate of drug-likeness (QED) is 0.598. The summed E-state index contributed by atoms with van der Waals surface area (Å²) >= 11 is 1.33. The van der Waals surface area contributed by atoms with Crippen LogP contribution in [0.2, 0.25) is 0 Å². The topological polar surface area (TPSA) is 113 Å². The molecule has 0 bridgehead atoms. The fraction of sp³-hybridized carbons (Fsp3) is 0.500. The first kappa shape index (κ1) is 20.5. The van der Waals surface area contributed by atoms with E-state index < -0.39 is 0 Å². The van der Waals surface area contributed by atoms with Gasteiger partial charge in [0.1, 0.15) is 12.4 Å². The van der Waals surface area contributed by atoms with Crippen molar-refractivity contribution in [2.75, 3.05) is 26.0 Å². The highest BCUT2D eigenvalue weighted by Gasteiger charge is 2.31. The summed E-state index contributed by atoms with van der Waals surface area (Å²) in [4.78, 5) is 25.5. The van der Waals surface area contributed by atoms with Gasteiger partial charge >= 0.3 is 0 Å². The standard InChI is InChI=1S/C20H25N5O4S/c1-24(10-14-11-28-15-4-2-3-5-16(15)29-14)18(27)12-30-20-23-22-19(13-6-7-13)25(20)9-8-17(21)26/h2-5,13-14H,6-12H2,1H3,(H2,21,26). The molecule has 1 unspecified atom stereocenters. The van der Waals surface area contributed by atoms with E-state index in [9.17, 15) is 9.59 Å². The number of fused-ring (bicyclic) bond motifs is 1. The zero-order chi connectivity index (χ0) is 21.1. The number of thioether (sulfide) groups is 1. The molecule has 2 N–H and O–H groups in total. The van der Waals surface area contributed by atoms with Crippen LogP contribution in [0, 0.1) is 0 Å². The number of rotatable bonds is 9. The van der Waals surface area contributed by atoms with Crippen LogP contribution in [0.25, 0.3) is 0 Å². The number of para-hydroxylation sites is 2. The maximum atomic E-state index is 12.6. The first-order chi connectivity index (χ1) is 14.5. The second-order valence-corrected chi connectivity index (χ2v) is 8.49.